The molecule has 480 valence electrons. The van der Waals surface area contributed by atoms with Crippen LogP contribution in [-0.2, 0) is 0 Å². The summed E-state index contributed by atoms with van der Waals surface area (Å²) in [7, 11) is 0. The van der Waals surface area contributed by atoms with E-state index in [4.69, 9.17) is 0 Å². The molecule has 0 radical (unpaired) electrons. The van der Waals surface area contributed by atoms with Crippen LogP contribution < -0.4 is 0 Å². The molecular weight excluding hydrogens is 1080 g/mol. The molecule has 0 heterocycles. The van der Waals surface area contributed by atoms with E-state index in [9.17, 15) is 83.4 Å². The number of hydrogen-bond acceptors (Lipinski definition) is 0. The molecule has 79 heavy (non-hydrogen) atoms. The molecule has 3 aliphatic rings. The summed E-state index contributed by atoms with van der Waals surface area (Å²) in [6.07, 6.45) is 3.80. The standard InChI is InChI=1S/C10H20.C8H6F4.C8H16.C7H14.C6H14.2C5H6F6.C4H7F3.C4H10.C3H8/c1-4-9-5-7-10(2,3)8-6-9;1-3-5(9)4(2)7(11)8(12)6(3)10;1-2-8-6-4-3-5-7-8;1-2-7-5-3-4-6-7;1-5-6(2,3)4;2*1-3(2,4(6,7)8)5(9,10)11;1-3(2)4(5,6)7;1-3-4-2;1-3-2/h9H,4-8H2,1-3H3;1-2H3;8H,2-7H2,1H3;7H,2-6H2,1H3;5H2,1-4H3;2*1-2H3;3H,1-2H3;3-4H2,1-2H3;3H2,1-2H3. The molecule has 0 spiro atoms. The van der Waals surface area contributed by atoms with Crippen LogP contribution in [-0.4, -0.2) is 30.9 Å². The Morgan fingerprint density at radius 1 is 0.405 bits per heavy atom. The zero-order chi connectivity index (χ0) is 64.4. The van der Waals surface area contributed by atoms with E-state index in [1.807, 2.05) is 0 Å². The third-order valence-corrected chi connectivity index (χ3v) is 14.1. The van der Waals surface area contributed by atoms with Gasteiger partial charge in [-0.2, -0.15) is 65.9 Å². The lowest BCUT2D eigenvalue weighted by Gasteiger charge is -2.33. The molecule has 0 aromatic heterocycles. The first kappa shape index (κ1) is 88.1. The summed E-state index contributed by atoms with van der Waals surface area (Å²) in [5.41, 5.74) is -7.04. The van der Waals surface area contributed by atoms with Crippen LogP contribution in [0.2, 0.25) is 0 Å². The molecule has 0 atom stereocenters. The highest BCUT2D eigenvalue weighted by Crippen LogP contribution is 2.50. The highest BCUT2D eigenvalue weighted by molar-refractivity contribution is 5.28. The van der Waals surface area contributed by atoms with Crippen LogP contribution >= 0.6 is 0 Å². The fraction of sp³-hybridized carbons (Fsp3) is 0.900. The highest BCUT2D eigenvalue weighted by atomic mass is 19.4. The van der Waals surface area contributed by atoms with Gasteiger partial charge in [-0.1, -0.05) is 207 Å². The van der Waals surface area contributed by atoms with Gasteiger partial charge in [-0.15, -0.1) is 0 Å². The second-order valence-electron chi connectivity index (χ2n) is 24.1. The maximum atomic E-state index is 12.8. The monoisotopic (exact) mass is 1190 g/mol. The molecule has 0 aliphatic heterocycles. The number of alkyl halides is 15. The van der Waals surface area contributed by atoms with E-state index in [0.717, 1.165) is 45.4 Å². The first-order valence-corrected chi connectivity index (χ1v) is 28.4. The topological polar surface area (TPSA) is 0 Å². The van der Waals surface area contributed by atoms with Crippen molar-refractivity contribution in [1.82, 2.24) is 0 Å². The average molecular weight is 1190 g/mol. The first-order chi connectivity index (χ1) is 35.3. The fourth-order valence-corrected chi connectivity index (χ4v) is 6.10. The number of rotatable bonds is 4. The highest BCUT2D eigenvalue weighted by Gasteiger charge is 2.65. The van der Waals surface area contributed by atoms with Gasteiger partial charge in [0.1, 0.15) is 5.82 Å². The third-order valence-electron chi connectivity index (χ3n) is 14.1. The van der Waals surface area contributed by atoms with Crippen molar-refractivity contribution in [1.29, 1.82) is 0 Å². The van der Waals surface area contributed by atoms with Crippen LogP contribution in [0.25, 0.3) is 0 Å². The molecule has 1 aromatic rings. The Labute approximate surface area is 466 Å². The van der Waals surface area contributed by atoms with Gasteiger partial charge in [0.15, 0.2) is 28.3 Å². The van der Waals surface area contributed by atoms with Crippen molar-refractivity contribution in [2.45, 2.75) is 305 Å². The van der Waals surface area contributed by atoms with E-state index < -0.39 is 82.0 Å². The number of halogens is 19. The molecule has 0 bridgehead atoms. The molecule has 0 unspecified atom stereocenters. The Morgan fingerprint density at radius 2 is 0.620 bits per heavy atom. The Bertz CT molecular complexity index is 1420. The summed E-state index contributed by atoms with van der Waals surface area (Å²) < 4.78 is 223. The van der Waals surface area contributed by atoms with Gasteiger partial charge in [0.05, 0.1) is 0 Å². The summed E-state index contributed by atoms with van der Waals surface area (Å²) in [4.78, 5) is 0. The maximum absolute atomic E-state index is 12.8. The molecule has 0 nitrogen and oxygen atoms in total. The summed E-state index contributed by atoms with van der Waals surface area (Å²) >= 11 is 0. The summed E-state index contributed by atoms with van der Waals surface area (Å²) in [5.74, 6) is -3.55. The van der Waals surface area contributed by atoms with Crippen LogP contribution in [0.15, 0.2) is 0 Å². The summed E-state index contributed by atoms with van der Waals surface area (Å²) in [5, 5.41) is 0. The quantitative estimate of drug-likeness (QED) is 0.160. The van der Waals surface area contributed by atoms with Crippen LogP contribution in [0.4, 0.5) is 83.4 Å². The van der Waals surface area contributed by atoms with Gasteiger partial charge >= 0.3 is 30.9 Å². The molecular formula is C60H107F19. The smallest absolute Gasteiger partial charge is 0.206 e. The van der Waals surface area contributed by atoms with Crippen molar-refractivity contribution in [2.75, 3.05) is 0 Å². The van der Waals surface area contributed by atoms with Crippen molar-refractivity contribution in [3.8, 4) is 0 Å². The molecule has 19 heteroatoms. The molecule has 0 N–H and O–H groups in total. The summed E-state index contributed by atoms with van der Waals surface area (Å²) in [6, 6.07) is 0. The molecule has 3 fully saturated rings. The van der Waals surface area contributed by atoms with Gasteiger partial charge in [0.2, 0.25) is 0 Å². The van der Waals surface area contributed by atoms with E-state index in [0.29, 0.717) is 10.8 Å². The minimum atomic E-state index is -5.24. The van der Waals surface area contributed by atoms with Crippen molar-refractivity contribution in [3.05, 3.63) is 34.4 Å². The number of hydrogen-bond donors (Lipinski definition) is 0. The largest absolute Gasteiger partial charge is 0.402 e. The second-order valence-corrected chi connectivity index (χ2v) is 24.1. The maximum Gasteiger partial charge on any atom is 0.402 e. The Balaban J connectivity index is -0.000000191. The third kappa shape index (κ3) is 40.7. The van der Waals surface area contributed by atoms with E-state index in [1.54, 1.807) is 0 Å². The van der Waals surface area contributed by atoms with Crippen LogP contribution in [0.3, 0.4) is 0 Å². The first-order valence-electron chi connectivity index (χ1n) is 28.4. The SMILES string of the molecule is CC(C)(C(F)(F)F)C(F)(F)F.CC(C)(C(F)(F)F)C(F)(F)F.CC(C)C(F)(F)F.CCC.CCC(C)(C)C.CCC1CCC(C)(C)CC1.CCC1CCCC1.CCC1CCCCC1.CCCC.Cc1c(F)c(C)c(F)c(F)c1F. The van der Waals surface area contributed by atoms with Crippen molar-refractivity contribution in [3.63, 3.8) is 0 Å². The number of unbranched alkanes of at least 4 members (excludes halogenated alkanes) is 1. The van der Waals surface area contributed by atoms with Crippen molar-refractivity contribution < 1.29 is 83.4 Å². The van der Waals surface area contributed by atoms with Crippen molar-refractivity contribution >= 4 is 0 Å². The molecule has 3 aliphatic carbocycles. The molecule has 0 amide bonds. The Kier molecular flexibility index (Phi) is 45.7. The molecule has 4 rings (SSSR count). The van der Waals surface area contributed by atoms with E-state index >= 15 is 0 Å². The fourth-order valence-electron chi connectivity index (χ4n) is 6.10. The lowest BCUT2D eigenvalue weighted by molar-refractivity contribution is -0.328. The molecule has 1 aromatic carbocycles. The molecule has 0 saturated heterocycles. The van der Waals surface area contributed by atoms with Gasteiger partial charge in [0.25, 0.3) is 0 Å². The van der Waals surface area contributed by atoms with Crippen LogP contribution in [0, 0.1) is 82.4 Å². The van der Waals surface area contributed by atoms with Crippen molar-refractivity contribution in [2.24, 2.45) is 45.3 Å². The average Bonchev–Trinajstić information content (AvgIpc) is 3.87. The van der Waals surface area contributed by atoms with Gasteiger partial charge in [-0.3, -0.25) is 0 Å². The van der Waals surface area contributed by atoms with Gasteiger partial charge in [0, 0.05) is 17.0 Å². The van der Waals surface area contributed by atoms with Gasteiger partial charge in [-0.25, -0.2) is 17.6 Å². The predicted molar refractivity (Wildman–Crippen MR) is 290 cm³/mol. The Morgan fingerprint density at radius 3 is 0.772 bits per heavy atom. The van der Waals surface area contributed by atoms with Crippen LogP contribution in [0.5, 0.6) is 0 Å². The lowest BCUT2D eigenvalue weighted by Crippen LogP contribution is -2.44. The number of benzene rings is 1. The van der Waals surface area contributed by atoms with Gasteiger partial charge in [-0.05, 0) is 95.8 Å². The Hall–Kier alpha value is -2.11. The lowest BCUT2D eigenvalue weighted by atomic mass is 9.72. The van der Waals surface area contributed by atoms with E-state index in [1.165, 1.54) is 128 Å². The minimum Gasteiger partial charge on any atom is -0.206 e. The normalized spacial score (nSPS) is 16.4. The predicted octanol–water partition coefficient (Wildman–Crippen LogP) is 26.2. The zero-order valence-electron chi connectivity index (χ0n) is 52.1. The molecule has 3 saturated carbocycles. The van der Waals surface area contributed by atoms with Crippen LogP contribution in [0.1, 0.15) is 271 Å². The van der Waals surface area contributed by atoms with E-state index in [2.05, 4.69) is 90.0 Å². The zero-order valence-corrected chi connectivity index (χ0v) is 52.1. The van der Waals surface area contributed by atoms with E-state index in [-0.39, 0.29) is 27.7 Å². The summed E-state index contributed by atoms with van der Waals surface area (Å²) in [6.45, 7) is 34.1. The second kappa shape index (κ2) is 41.0. The minimum absolute atomic E-state index is 0.104. The van der Waals surface area contributed by atoms with Gasteiger partial charge < -0.3 is 0 Å².